The average Bonchev–Trinajstić information content (AvgIpc) is 2.85. The zero-order chi connectivity index (χ0) is 14.7. The quantitative estimate of drug-likeness (QED) is 0.915. The average molecular weight is 294 g/mol. The third kappa shape index (κ3) is 2.95. The number of hydrogen-bond acceptors (Lipinski definition) is 4. The minimum atomic E-state index is -0.931. The van der Waals surface area contributed by atoms with Gasteiger partial charge < -0.3 is 10.0 Å². The molecule has 2 atom stereocenters. The first kappa shape index (κ1) is 14.8. The molecule has 1 aliphatic rings. The summed E-state index contributed by atoms with van der Waals surface area (Å²) in [7, 11) is 0. The molecule has 1 aromatic heterocycles. The number of carboxylic acid groups (broad SMARTS) is 1. The largest absolute Gasteiger partial charge is 0.480 e. The molecule has 20 heavy (non-hydrogen) atoms. The van der Waals surface area contributed by atoms with Gasteiger partial charge in [-0.05, 0) is 25.0 Å². The van der Waals surface area contributed by atoms with Gasteiger partial charge >= 0.3 is 5.97 Å². The van der Waals surface area contributed by atoms with Crippen LogP contribution in [0.4, 0.5) is 0 Å². The summed E-state index contributed by atoms with van der Waals surface area (Å²) in [5.41, 5.74) is 1.67. The molecule has 1 fully saturated rings. The van der Waals surface area contributed by atoms with Gasteiger partial charge in [-0.2, -0.15) is 0 Å². The maximum atomic E-state index is 12.5. The van der Waals surface area contributed by atoms with Gasteiger partial charge in [0.15, 0.2) is 0 Å². The van der Waals surface area contributed by atoms with Gasteiger partial charge in [-0.15, -0.1) is 11.8 Å². The van der Waals surface area contributed by atoms with Crippen LogP contribution in [0, 0.1) is 6.92 Å². The molecule has 0 spiro atoms. The topological polar surface area (TPSA) is 70.5 Å². The van der Waals surface area contributed by atoms with Crippen LogP contribution in [-0.4, -0.2) is 44.0 Å². The van der Waals surface area contributed by atoms with E-state index >= 15 is 0 Å². The van der Waals surface area contributed by atoms with E-state index in [0.717, 1.165) is 12.0 Å². The van der Waals surface area contributed by atoms with Crippen LogP contribution in [0.15, 0.2) is 18.3 Å². The number of carboxylic acids is 1. The van der Waals surface area contributed by atoms with Crippen molar-refractivity contribution in [3.05, 3.63) is 29.6 Å². The second-order valence-corrected chi connectivity index (χ2v) is 6.01. The van der Waals surface area contributed by atoms with E-state index in [1.54, 1.807) is 6.20 Å². The zero-order valence-corrected chi connectivity index (χ0v) is 12.4. The molecule has 0 bridgehead atoms. The first-order chi connectivity index (χ1) is 9.54. The molecule has 1 aliphatic heterocycles. The SMILES string of the molecule is CCC1SCC(C(=O)O)N1C(=O)Cc1ncccc1C. The van der Waals surface area contributed by atoms with Crippen LogP contribution in [0.1, 0.15) is 24.6 Å². The summed E-state index contributed by atoms with van der Waals surface area (Å²) in [6.45, 7) is 3.87. The molecule has 1 amide bonds. The summed E-state index contributed by atoms with van der Waals surface area (Å²) in [4.78, 5) is 29.5. The van der Waals surface area contributed by atoms with Crippen LogP contribution in [0.3, 0.4) is 0 Å². The highest BCUT2D eigenvalue weighted by Crippen LogP contribution is 2.31. The van der Waals surface area contributed by atoms with Crippen LogP contribution in [0.5, 0.6) is 0 Å². The van der Waals surface area contributed by atoms with Gasteiger partial charge in [-0.3, -0.25) is 9.78 Å². The van der Waals surface area contributed by atoms with E-state index in [1.807, 2.05) is 26.0 Å². The Morgan fingerprint density at radius 2 is 2.30 bits per heavy atom. The number of amides is 1. The molecule has 0 aromatic carbocycles. The Balaban J connectivity index is 2.17. The maximum absolute atomic E-state index is 12.5. The van der Waals surface area contributed by atoms with Crippen LogP contribution >= 0.6 is 11.8 Å². The highest BCUT2D eigenvalue weighted by molar-refractivity contribution is 8.00. The number of aliphatic carboxylic acids is 1. The lowest BCUT2D eigenvalue weighted by molar-refractivity contribution is -0.148. The third-order valence-electron chi connectivity index (χ3n) is 3.45. The van der Waals surface area contributed by atoms with Crippen LogP contribution in [0.2, 0.25) is 0 Å². The van der Waals surface area contributed by atoms with Crippen molar-refractivity contribution in [3.8, 4) is 0 Å². The predicted molar refractivity (Wildman–Crippen MR) is 77.5 cm³/mol. The highest BCUT2D eigenvalue weighted by Gasteiger charge is 2.40. The number of rotatable bonds is 4. The Hall–Kier alpha value is -1.56. The van der Waals surface area contributed by atoms with Gasteiger partial charge in [0.2, 0.25) is 5.91 Å². The van der Waals surface area contributed by atoms with Gasteiger partial charge in [0.1, 0.15) is 6.04 Å². The van der Waals surface area contributed by atoms with Crippen LogP contribution in [0.25, 0.3) is 0 Å². The number of aromatic nitrogens is 1. The Kier molecular flexibility index (Phi) is 4.65. The molecule has 2 heterocycles. The molecule has 1 aromatic rings. The number of pyridine rings is 1. The molecule has 2 rings (SSSR count). The summed E-state index contributed by atoms with van der Waals surface area (Å²) < 4.78 is 0. The molecule has 108 valence electrons. The van der Waals surface area contributed by atoms with E-state index in [2.05, 4.69) is 4.98 Å². The molecular weight excluding hydrogens is 276 g/mol. The summed E-state index contributed by atoms with van der Waals surface area (Å²) in [6.07, 6.45) is 2.56. The molecule has 1 N–H and O–H groups in total. The van der Waals surface area contributed by atoms with E-state index in [4.69, 9.17) is 0 Å². The van der Waals surface area contributed by atoms with Crippen molar-refractivity contribution in [2.45, 2.75) is 38.1 Å². The fraction of sp³-hybridized carbons (Fsp3) is 0.500. The lowest BCUT2D eigenvalue weighted by atomic mass is 10.1. The Morgan fingerprint density at radius 3 is 2.90 bits per heavy atom. The lowest BCUT2D eigenvalue weighted by Crippen LogP contribution is -2.46. The van der Waals surface area contributed by atoms with Gasteiger partial charge in [0.25, 0.3) is 0 Å². The van der Waals surface area contributed by atoms with Crippen molar-refractivity contribution in [3.63, 3.8) is 0 Å². The molecule has 0 saturated carbocycles. The molecule has 1 saturated heterocycles. The predicted octanol–water partition coefficient (Wildman–Crippen LogP) is 1.70. The smallest absolute Gasteiger partial charge is 0.327 e. The monoisotopic (exact) mass is 294 g/mol. The number of carbonyl (C=O) groups is 2. The highest BCUT2D eigenvalue weighted by atomic mass is 32.2. The van der Waals surface area contributed by atoms with Crippen LogP contribution in [-0.2, 0) is 16.0 Å². The Bertz CT molecular complexity index is 521. The number of nitrogens with zero attached hydrogens (tertiary/aromatic N) is 2. The van der Waals surface area contributed by atoms with E-state index in [9.17, 15) is 14.7 Å². The molecule has 2 unspecified atom stereocenters. The van der Waals surface area contributed by atoms with Gasteiger partial charge in [-0.25, -0.2) is 4.79 Å². The Labute approximate surface area is 122 Å². The van der Waals surface area contributed by atoms with E-state index < -0.39 is 12.0 Å². The summed E-state index contributed by atoms with van der Waals surface area (Å²) in [5.74, 6) is -0.628. The third-order valence-corrected chi connectivity index (χ3v) is 4.90. The van der Waals surface area contributed by atoms with Crippen molar-refractivity contribution in [2.24, 2.45) is 0 Å². The molecule has 0 aliphatic carbocycles. The first-order valence-corrected chi connectivity index (χ1v) is 7.65. The number of carbonyl (C=O) groups excluding carboxylic acids is 1. The van der Waals surface area contributed by atoms with Gasteiger partial charge in [0, 0.05) is 11.9 Å². The standard InChI is InChI=1S/C14H18N2O3S/c1-3-13-16(11(8-20-13)14(18)19)12(17)7-10-9(2)5-4-6-15-10/h4-6,11,13H,3,7-8H2,1-2H3,(H,18,19). The van der Waals surface area contributed by atoms with Crippen molar-refractivity contribution in [1.82, 2.24) is 9.88 Å². The molecular formula is C14H18N2O3S. The second kappa shape index (κ2) is 6.26. The van der Waals surface area contributed by atoms with E-state index in [0.29, 0.717) is 11.4 Å². The van der Waals surface area contributed by atoms with E-state index in [1.165, 1.54) is 16.7 Å². The van der Waals surface area contributed by atoms with Crippen LogP contribution < -0.4 is 0 Å². The summed E-state index contributed by atoms with van der Waals surface area (Å²) in [5, 5.41) is 9.20. The summed E-state index contributed by atoms with van der Waals surface area (Å²) in [6, 6.07) is 3.01. The van der Waals surface area contributed by atoms with Crippen molar-refractivity contribution < 1.29 is 14.7 Å². The van der Waals surface area contributed by atoms with Gasteiger partial charge in [0.05, 0.1) is 17.5 Å². The zero-order valence-electron chi connectivity index (χ0n) is 11.6. The van der Waals surface area contributed by atoms with Crippen molar-refractivity contribution in [1.29, 1.82) is 0 Å². The number of hydrogen-bond donors (Lipinski definition) is 1. The normalized spacial score (nSPS) is 22.0. The van der Waals surface area contributed by atoms with Crippen molar-refractivity contribution >= 4 is 23.6 Å². The number of aryl methyl sites for hydroxylation is 1. The second-order valence-electron chi connectivity index (χ2n) is 4.80. The number of thioether (sulfide) groups is 1. The van der Waals surface area contributed by atoms with E-state index in [-0.39, 0.29) is 17.7 Å². The Morgan fingerprint density at radius 1 is 1.55 bits per heavy atom. The van der Waals surface area contributed by atoms with Crippen molar-refractivity contribution in [2.75, 3.05) is 5.75 Å². The first-order valence-electron chi connectivity index (χ1n) is 6.60. The molecule has 0 radical (unpaired) electrons. The van der Waals surface area contributed by atoms with Gasteiger partial charge in [-0.1, -0.05) is 13.0 Å². The maximum Gasteiger partial charge on any atom is 0.327 e. The summed E-state index contributed by atoms with van der Waals surface area (Å²) >= 11 is 1.53. The molecule has 6 heteroatoms. The fourth-order valence-electron chi connectivity index (χ4n) is 2.34. The fourth-order valence-corrected chi connectivity index (χ4v) is 3.71. The lowest BCUT2D eigenvalue weighted by Gasteiger charge is -2.26. The minimum absolute atomic E-state index is 0.0485. The molecule has 5 nitrogen and oxygen atoms in total. The minimum Gasteiger partial charge on any atom is -0.480 e.